The maximum Gasteiger partial charge on any atom is 0.0718 e. The Morgan fingerprint density at radius 1 is 0.241 bits per heavy atom. The van der Waals surface area contributed by atoms with Gasteiger partial charge in [-0.15, -0.1) is 0 Å². The lowest BCUT2D eigenvalue weighted by atomic mass is 9.90. The van der Waals surface area contributed by atoms with E-state index >= 15 is 0 Å². The molecule has 0 saturated heterocycles. The number of benzene rings is 4. The first-order valence-electron chi connectivity index (χ1n) is 17.8. The standard InChI is InChI=1S/C48H30N6/c1-2-8-40-39(7-1)43-23-31(35-21-37(27-49-25-35)47-17-13-33(29-53-47)45-9-3-5-19-51-45)11-15-41(43)42-16-12-32(24-44(40)42)36-22-38(28-50-26-36)48-18-14-34(30-54-48)46-10-4-6-20-52-46/h1-30H. The Kier molecular flexibility index (Phi) is 7.69. The molecule has 252 valence electrons. The van der Waals surface area contributed by atoms with E-state index in [1.54, 1.807) is 12.4 Å². The average molecular weight is 691 g/mol. The van der Waals surface area contributed by atoms with E-state index in [1.165, 1.54) is 32.3 Å². The maximum absolute atomic E-state index is 4.76. The molecule has 0 radical (unpaired) electrons. The summed E-state index contributed by atoms with van der Waals surface area (Å²) < 4.78 is 0. The summed E-state index contributed by atoms with van der Waals surface area (Å²) in [5.41, 5.74) is 11.7. The van der Waals surface area contributed by atoms with Gasteiger partial charge < -0.3 is 0 Å². The predicted octanol–water partition coefficient (Wildman–Crippen LogP) is 11.5. The second-order valence-corrected chi connectivity index (χ2v) is 13.3. The van der Waals surface area contributed by atoms with Gasteiger partial charge in [0.05, 0.1) is 22.8 Å². The van der Waals surface area contributed by atoms with Crippen LogP contribution in [0.4, 0.5) is 0 Å². The van der Waals surface area contributed by atoms with Crippen LogP contribution in [0.25, 0.3) is 99.6 Å². The molecule has 10 aromatic rings. The van der Waals surface area contributed by atoms with E-state index in [9.17, 15) is 0 Å². The van der Waals surface area contributed by atoms with Crippen molar-refractivity contribution in [2.75, 3.05) is 0 Å². The van der Waals surface area contributed by atoms with Crippen LogP contribution in [-0.2, 0) is 0 Å². The number of fused-ring (bicyclic) bond motifs is 6. The van der Waals surface area contributed by atoms with Crippen LogP contribution in [0, 0.1) is 0 Å². The molecule has 0 bridgehead atoms. The molecule has 0 saturated carbocycles. The minimum absolute atomic E-state index is 0.868. The summed E-state index contributed by atoms with van der Waals surface area (Å²) in [5, 5.41) is 7.24. The van der Waals surface area contributed by atoms with Gasteiger partial charge in [-0.1, -0.05) is 60.7 Å². The fourth-order valence-electron chi connectivity index (χ4n) is 7.29. The molecule has 4 aromatic carbocycles. The summed E-state index contributed by atoms with van der Waals surface area (Å²) in [5.74, 6) is 0. The molecule has 6 heterocycles. The molecule has 54 heavy (non-hydrogen) atoms. The first-order chi connectivity index (χ1) is 26.7. The van der Waals surface area contributed by atoms with Gasteiger partial charge in [0.25, 0.3) is 0 Å². The van der Waals surface area contributed by atoms with Crippen LogP contribution < -0.4 is 0 Å². The molecular weight excluding hydrogens is 661 g/mol. The molecule has 0 aliphatic carbocycles. The molecule has 0 atom stereocenters. The van der Waals surface area contributed by atoms with Gasteiger partial charge in [-0.3, -0.25) is 29.9 Å². The van der Waals surface area contributed by atoms with Gasteiger partial charge in [0.15, 0.2) is 0 Å². The quantitative estimate of drug-likeness (QED) is 0.162. The highest BCUT2D eigenvalue weighted by molar-refractivity contribution is 6.26. The van der Waals surface area contributed by atoms with Crippen molar-refractivity contribution in [2.45, 2.75) is 0 Å². The highest BCUT2D eigenvalue weighted by Crippen LogP contribution is 2.39. The van der Waals surface area contributed by atoms with Crippen LogP contribution in [0.3, 0.4) is 0 Å². The largest absolute Gasteiger partial charge is 0.263 e. The predicted molar refractivity (Wildman–Crippen MR) is 218 cm³/mol. The normalized spacial score (nSPS) is 11.3. The lowest BCUT2D eigenvalue weighted by Gasteiger charge is -2.14. The van der Waals surface area contributed by atoms with Gasteiger partial charge >= 0.3 is 0 Å². The van der Waals surface area contributed by atoms with E-state index in [0.717, 1.165) is 67.3 Å². The van der Waals surface area contributed by atoms with Gasteiger partial charge in [-0.2, -0.15) is 0 Å². The Labute approximate surface area is 311 Å². The Morgan fingerprint density at radius 2 is 0.648 bits per heavy atom. The zero-order valence-corrected chi connectivity index (χ0v) is 29.0. The molecule has 0 aliphatic heterocycles. The first-order valence-corrected chi connectivity index (χ1v) is 17.8. The summed E-state index contributed by atoms with van der Waals surface area (Å²) in [6.45, 7) is 0. The molecule has 0 amide bonds. The summed E-state index contributed by atoms with van der Waals surface area (Å²) in [6, 6.07) is 46.4. The number of rotatable bonds is 6. The smallest absolute Gasteiger partial charge is 0.0718 e. The first kappa shape index (κ1) is 31.3. The van der Waals surface area contributed by atoms with Gasteiger partial charge in [0, 0.05) is 83.0 Å². The number of pyridine rings is 6. The monoisotopic (exact) mass is 690 g/mol. The zero-order chi connectivity index (χ0) is 35.8. The van der Waals surface area contributed by atoms with Crippen LogP contribution in [-0.4, -0.2) is 29.9 Å². The number of hydrogen-bond acceptors (Lipinski definition) is 6. The van der Waals surface area contributed by atoms with Crippen molar-refractivity contribution in [3.63, 3.8) is 0 Å². The van der Waals surface area contributed by atoms with Gasteiger partial charge in [0.1, 0.15) is 0 Å². The van der Waals surface area contributed by atoms with Gasteiger partial charge in [-0.25, -0.2) is 0 Å². The van der Waals surface area contributed by atoms with Crippen molar-refractivity contribution < 1.29 is 0 Å². The van der Waals surface area contributed by atoms with Crippen molar-refractivity contribution in [3.8, 4) is 67.3 Å². The van der Waals surface area contributed by atoms with Crippen molar-refractivity contribution in [1.82, 2.24) is 29.9 Å². The lowest BCUT2D eigenvalue weighted by Crippen LogP contribution is -1.90. The fraction of sp³-hybridized carbons (Fsp3) is 0. The molecule has 10 rings (SSSR count). The Bertz CT molecular complexity index is 2740. The molecule has 0 aliphatic rings. The second-order valence-electron chi connectivity index (χ2n) is 13.3. The number of hydrogen-bond donors (Lipinski definition) is 0. The van der Waals surface area contributed by atoms with Crippen LogP contribution >= 0.6 is 0 Å². The molecular formula is C48H30N6. The van der Waals surface area contributed by atoms with Crippen molar-refractivity contribution in [2.24, 2.45) is 0 Å². The van der Waals surface area contributed by atoms with Crippen molar-refractivity contribution in [1.29, 1.82) is 0 Å². The number of nitrogens with zero attached hydrogens (tertiary/aromatic N) is 6. The molecule has 0 N–H and O–H groups in total. The third-order valence-corrected chi connectivity index (χ3v) is 10.0. The maximum atomic E-state index is 4.76. The topological polar surface area (TPSA) is 77.3 Å². The summed E-state index contributed by atoms with van der Waals surface area (Å²) in [6.07, 6.45) is 14.9. The van der Waals surface area contributed by atoms with E-state index in [-0.39, 0.29) is 0 Å². The molecule has 6 aromatic heterocycles. The van der Waals surface area contributed by atoms with E-state index in [1.807, 2.05) is 85.7 Å². The molecule has 0 unspecified atom stereocenters. The van der Waals surface area contributed by atoms with Gasteiger partial charge in [-0.05, 0) is 116 Å². The lowest BCUT2D eigenvalue weighted by molar-refractivity contribution is 1.26. The van der Waals surface area contributed by atoms with E-state index in [2.05, 4.69) is 105 Å². The molecule has 0 spiro atoms. The Balaban J connectivity index is 1.01. The summed E-state index contributed by atoms with van der Waals surface area (Å²) in [4.78, 5) is 27.7. The Morgan fingerprint density at radius 3 is 1.07 bits per heavy atom. The minimum Gasteiger partial charge on any atom is -0.263 e. The third-order valence-electron chi connectivity index (χ3n) is 10.0. The Hall–Kier alpha value is -7.44. The van der Waals surface area contributed by atoms with Gasteiger partial charge in [0.2, 0.25) is 0 Å². The minimum atomic E-state index is 0.868. The van der Waals surface area contributed by atoms with Crippen LogP contribution in [0.2, 0.25) is 0 Å². The highest BCUT2D eigenvalue weighted by Gasteiger charge is 2.13. The molecule has 6 heteroatoms. The van der Waals surface area contributed by atoms with Crippen molar-refractivity contribution in [3.05, 3.63) is 183 Å². The van der Waals surface area contributed by atoms with Crippen LogP contribution in [0.1, 0.15) is 0 Å². The van der Waals surface area contributed by atoms with Crippen LogP contribution in [0.5, 0.6) is 0 Å². The van der Waals surface area contributed by atoms with Crippen molar-refractivity contribution >= 4 is 32.3 Å². The average Bonchev–Trinajstić information content (AvgIpc) is 3.27. The SMILES string of the molecule is c1ccc(-c2ccc(-c3cncc(-c4ccc5c6ccc(-c7cncc(-c8ccc(-c9ccccn9)cn8)c7)cc6c6ccccc6c5c4)c3)nc2)nc1. The third kappa shape index (κ3) is 5.72. The summed E-state index contributed by atoms with van der Waals surface area (Å²) >= 11 is 0. The molecule has 6 nitrogen and oxygen atoms in total. The summed E-state index contributed by atoms with van der Waals surface area (Å²) in [7, 11) is 0. The fourth-order valence-corrected chi connectivity index (χ4v) is 7.29. The van der Waals surface area contributed by atoms with E-state index < -0.39 is 0 Å². The zero-order valence-electron chi connectivity index (χ0n) is 29.0. The van der Waals surface area contributed by atoms with Crippen LogP contribution in [0.15, 0.2) is 183 Å². The second kappa shape index (κ2) is 13.3. The van der Waals surface area contributed by atoms with E-state index in [4.69, 9.17) is 9.97 Å². The number of aromatic nitrogens is 6. The highest BCUT2D eigenvalue weighted by atomic mass is 14.7. The molecule has 0 fully saturated rings. The van der Waals surface area contributed by atoms with E-state index in [0.29, 0.717) is 0 Å².